The highest BCUT2D eigenvalue weighted by Gasteiger charge is 2.28. The van der Waals surface area contributed by atoms with E-state index < -0.39 is 0 Å². The Bertz CT molecular complexity index is 289. The zero-order valence-corrected chi connectivity index (χ0v) is 12.1. The maximum atomic E-state index is 5.49. The van der Waals surface area contributed by atoms with Gasteiger partial charge in [0.05, 0.1) is 0 Å². The maximum absolute atomic E-state index is 5.49. The third-order valence-electron chi connectivity index (χ3n) is 4.56. The Balaban J connectivity index is 1.43. The molecule has 1 saturated carbocycles. The van der Waals surface area contributed by atoms with E-state index in [4.69, 9.17) is 12.2 Å². The number of likely N-dealkylation sites (tertiary alicyclic amines) is 2. The van der Waals surface area contributed by atoms with Crippen LogP contribution in [0.4, 0.5) is 0 Å². The molecule has 0 atom stereocenters. The molecule has 18 heavy (non-hydrogen) atoms. The Morgan fingerprint density at radius 3 is 2.17 bits per heavy atom. The lowest BCUT2D eigenvalue weighted by Gasteiger charge is -2.41. The van der Waals surface area contributed by atoms with E-state index in [0.29, 0.717) is 6.04 Å². The van der Waals surface area contributed by atoms with E-state index >= 15 is 0 Å². The van der Waals surface area contributed by atoms with Gasteiger partial charge in [-0.1, -0.05) is 6.42 Å². The van der Waals surface area contributed by atoms with Crippen LogP contribution in [0.2, 0.25) is 0 Å². The summed E-state index contributed by atoms with van der Waals surface area (Å²) in [6.07, 6.45) is 9.46. The molecular weight excluding hydrogens is 242 g/mol. The summed E-state index contributed by atoms with van der Waals surface area (Å²) in [5.41, 5.74) is 0. The zero-order valence-electron chi connectivity index (χ0n) is 11.2. The van der Waals surface area contributed by atoms with Crippen LogP contribution in [0.25, 0.3) is 0 Å². The van der Waals surface area contributed by atoms with E-state index in [2.05, 4.69) is 15.1 Å². The number of thiocarbonyl (C=S) groups is 1. The molecule has 0 unspecified atom stereocenters. The van der Waals surface area contributed by atoms with Crippen molar-refractivity contribution in [3.05, 3.63) is 0 Å². The Morgan fingerprint density at radius 1 is 0.889 bits per heavy atom. The van der Waals surface area contributed by atoms with Crippen molar-refractivity contribution < 1.29 is 0 Å². The minimum absolute atomic E-state index is 0.692. The van der Waals surface area contributed by atoms with Crippen molar-refractivity contribution in [3.63, 3.8) is 0 Å². The predicted molar refractivity (Wildman–Crippen MR) is 78.8 cm³/mol. The molecular formula is C14H25N3S. The first-order valence-electron chi connectivity index (χ1n) is 7.62. The van der Waals surface area contributed by atoms with Gasteiger partial charge in [-0.2, -0.15) is 0 Å². The summed E-state index contributed by atoms with van der Waals surface area (Å²) >= 11 is 5.49. The number of hydrogen-bond acceptors (Lipinski definition) is 2. The third-order valence-corrected chi connectivity index (χ3v) is 4.94. The van der Waals surface area contributed by atoms with Crippen LogP contribution in [0.3, 0.4) is 0 Å². The first-order chi connectivity index (χ1) is 8.83. The van der Waals surface area contributed by atoms with Gasteiger partial charge in [0, 0.05) is 25.2 Å². The van der Waals surface area contributed by atoms with Crippen molar-refractivity contribution in [2.45, 2.75) is 57.0 Å². The molecule has 0 aromatic heterocycles. The Kier molecular flexibility index (Phi) is 4.04. The highest BCUT2D eigenvalue weighted by Crippen LogP contribution is 2.22. The summed E-state index contributed by atoms with van der Waals surface area (Å²) < 4.78 is 0. The Morgan fingerprint density at radius 2 is 1.56 bits per heavy atom. The van der Waals surface area contributed by atoms with Crippen molar-refractivity contribution in [2.24, 2.45) is 0 Å². The smallest absolute Gasteiger partial charge is 0.169 e. The van der Waals surface area contributed by atoms with Gasteiger partial charge in [0.25, 0.3) is 0 Å². The predicted octanol–water partition coefficient (Wildman–Crippen LogP) is 1.97. The lowest BCUT2D eigenvalue weighted by atomic mass is 10.0. The Hall–Kier alpha value is -0.350. The minimum atomic E-state index is 0.692. The van der Waals surface area contributed by atoms with Gasteiger partial charge >= 0.3 is 0 Å². The molecule has 3 nitrogen and oxygen atoms in total. The second-order valence-electron chi connectivity index (χ2n) is 6.04. The molecule has 102 valence electrons. The maximum Gasteiger partial charge on any atom is 0.169 e. The molecule has 0 bridgehead atoms. The fraction of sp³-hybridized carbons (Fsp3) is 0.929. The van der Waals surface area contributed by atoms with E-state index in [0.717, 1.165) is 24.2 Å². The summed E-state index contributed by atoms with van der Waals surface area (Å²) in [4.78, 5) is 5.10. The second-order valence-corrected chi connectivity index (χ2v) is 6.43. The zero-order chi connectivity index (χ0) is 12.4. The second kappa shape index (κ2) is 5.74. The van der Waals surface area contributed by atoms with Crippen LogP contribution >= 0.6 is 12.2 Å². The van der Waals surface area contributed by atoms with E-state index in [1.54, 1.807) is 0 Å². The van der Waals surface area contributed by atoms with Crippen LogP contribution in [0.15, 0.2) is 0 Å². The van der Waals surface area contributed by atoms with Gasteiger partial charge in [0.15, 0.2) is 5.11 Å². The van der Waals surface area contributed by atoms with Crippen LogP contribution in [-0.4, -0.2) is 53.2 Å². The monoisotopic (exact) mass is 267 g/mol. The van der Waals surface area contributed by atoms with Crippen LogP contribution in [0, 0.1) is 0 Å². The molecule has 2 aliphatic heterocycles. The van der Waals surface area contributed by atoms with Gasteiger partial charge in [-0.3, -0.25) is 0 Å². The molecule has 2 saturated heterocycles. The average molecular weight is 267 g/mol. The molecule has 1 aliphatic carbocycles. The molecule has 3 rings (SSSR count). The van der Waals surface area contributed by atoms with Crippen LogP contribution < -0.4 is 5.32 Å². The average Bonchev–Trinajstić information content (AvgIpc) is 3.24. The minimum Gasteiger partial charge on any atom is -0.360 e. The summed E-state index contributed by atoms with van der Waals surface area (Å²) in [6.45, 7) is 4.96. The van der Waals surface area contributed by atoms with Crippen molar-refractivity contribution in [1.82, 2.24) is 15.1 Å². The van der Waals surface area contributed by atoms with Crippen molar-refractivity contribution in [2.75, 3.05) is 26.2 Å². The molecule has 0 radical (unpaired) electrons. The number of piperidine rings is 2. The highest BCUT2D eigenvalue weighted by molar-refractivity contribution is 7.80. The molecule has 0 aromatic carbocycles. The summed E-state index contributed by atoms with van der Waals surface area (Å²) in [6, 6.07) is 1.52. The lowest BCUT2D eigenvalue weighted by Crippen LogP contribution is -2.50. The van der Waals surface area contributed by atoms with Gasteiger partial charge in [-0.15, -0.1) is 0 Å². The number of rotatable bonds is 2. The normalized spacial score (nSPS) is 27.2. The van der Waals surface area contributed by atoms with Gasteiger partial charge in [-0.25, -0.2) is 0 Å². The SMILES string of the molecule is S=C(NC1CC1)N1CCC(N2CCCCC2)CC1. The number of nitrogens with one attached hydrogen (secondary N) is 1. The topological polar surface area (TPSA) is 18.5 Å². The standard InChI is InChI=1S/C14H25N3S/c18-14(15-12-4-5-12)17-10-6-13(7-11-17)16-8-2-1-3-9-16/h12-13H,1-11H2,(H,15,18). The summed E-state index contributed by atoms with van der Waals surface area (Å²) in [5.74, 6) is 0. The molecule has 0 aromatic rings. The van der Waals surface area contributed by atoms with E-state index in [1.807, 2.05) is 0 Å². The third kappa shape index (κ3) is 3.15. The largest absolute Gasteiger partial charge is 0.360 e. The van der Waals surface area contributed by atoms with Crippen molar-refractivity contribution in [1.29, 1.82) is 0 Å². The molecule has 1 N–H and O–H groups in total. The van der Waals surface area contributed by atoms with E-state index in [-0.39, 0.29) is 0 Å². The van der Waals surface area contributed by atoms with Crippen LogP contribution in [0.5, 0.6) is 0 Å². The van der Waals surface area contributed by atoms with Crippen molar-refractivity contribution >= 4 is 17.3 Å². The fourth-order valence-corrected chi connectivity index (χ4v) is 3.56. The van der Waals surface area contributed by atoms with Gasteiger partial charge in [0.2, 0.25) is 0 Å². The molecule has 0 spiro atoms. The van der Waals surface area contributed by atoms with Gasteiger partial charge < -0.3 is 15.1 Å². The summed E-state index contributed by atoms with van der Waals surface area (Å²) in [7, 11) is 0. The first-order valence-corrected chi connectivity index (χ1v) is 8.03. The van der Waals surface area contributed by atoms with E-state index in [9.17, 15) is 0 Å². The number of hydrogen-bond donors (Lipinski definition) is 1. The highest BCUT2D eigenvalue weighted by atomic mass is 32.1. The lowest BCUT2D eigenvalue weighted by molar-refractivity contribution is 0.114. The van der Waals surface area contributed by atoms with E-state index in [1.165, 1.54) is 58.0 Å². The number of nitrogens with zero attached hydrogens (tertiary/aromatic N) is 2. The first kappa shape index (κ1) is 12.7. The molecule has 3 fully saturated rings. The fourth-order valence-electron chi connectivity index (χ4n) is 3.21. The molecule has 0 amide bonds. The molecule has 2 heterocycles. The van der Waals surface area contributed by atoms with Gasteiger partial charge in [-0.05, 0) is 63.8 Å². The molecule has 4 heteroatoms. The van der Waals surface area contributed by atoms with Crippen LogP contribution in [0.1, 0.15) is 44.9 Å². The summed E-state index contributed by atoms with van der Waals surface area (Å²) in [5, 5.41) is 4.47. The quantitative estimate of drug-likeness (QED) is 0.771. The van der Waals surface area contributed by atoms with Crippen molar-refractivity contribution in [3.8, 4) is 0 Å². The van der Waals surface area contributed by atoms with Crippen LogP contribution in [-0.2, 0) is 0 Å². The van der Waals surface area contributed by atoms with Gasteiger partial charge in [0.1, 0.15) is 0 Å². The Labute approximate surface area is 116 Å². The molecule has 3 aliphatic rings.